The van der Waals surface area contributed by atoms with Crippen molar-refractivity contribution in [1.29, 1.82) is 0 Å². The minimum absolute atomic E-state index is 0.443. The van der Waals surface area contributed by atoms with Crippen molar-refractivity contribution >= 4 is 34.9 Å². The van der Waals surface area contributed by atoms with Crippen LogP contribution in [-0.4, -0.2) is 18.2 Å². The van der Waals surface area contributed by atoms with Gasteiger partial charge in [0.2, 0.25) is 0 Å². The van der Waals surface area contributed by atoms with Crippen LogP contribution in [0.15, 0.2) is 42.5 Å². The third-order valence-electron chi connectivity index (χ3n) is 1.97. The van der Waals surface area contributed by atoms with E-state index in [9.17, 15) is 4.57 Å². The van der Waals surface area contributed by atoms with Crippen LogP contribution in [0.1, 0.15) is 6.92 Å². The van der Waals surface area contributed by atoms with E-state index in [-0.39, 0.29) is 0 Å². The Morgan fingerprint density at radius 1 is 1.35 bits per heavy atom. The molecule has 0 saturated heterocycles. The first kappa shape index (κ1) is 14.8. The topological polar surface area (TPSA) is 26.3 Å². The average molecular weight is 291 g/mol. The van der Waals surface area contributed by atoms with Gasteiger partial charge in [0.1, 0.15) is 0 Å². The van der Waals surface area contributed by atoms with Gasteiger partial charge in [-0.1, -0.05) is 41.7 Å². The molecule has 0 bridgehead atoms. The highest BCUT2D eigenvalue weighted by atomic mass is 35.5. The highest BCUT2D eigenvalue weighted by molar-refractivity contribution is 8.58. The van der Waals surface area contributed by atoms with Crippen molar-refractivity contribution in [2.24, 2.45) is 0 Å². The first-order valence-corrected chi connectivity index (χ1v) is 9.13. The van der Waals surface area contributed by atoms with Crippen molar-refractivity contribution in [3.8, 4) is 0 Å². The normalized spacial score (nSPS) is 14.9. The van der Waals surface area contributed by atoms with E-state index in [1.807, 2.05) is 49.4 Å². The number of hydrogen-bond acceptors (Lipinski definition) is 3. The van der Waals surface area contributed by atoms with E-state index in [4.69, 9.17) is 16.1 Å². The first-order valence-electron chi connectivity index (χ1n) is 5.38. The summed E-state index contributed by atoms with van der Waals surface area (Å²) in [7, 11) is 0. The lowest BCUT2D eigenvalue weighted by atomic mass is 10.4. The molecule has 17 heavy (non-hydrogen) atoms. The summed E-state index contributed by atoms with van der Waals surface area (Å²) in [5.41, 5.74) is 0. The number of allylic oxidation sites excluding steroid dienone is 1. The van der Waals surface area contributed by atoms with Gasteiger partial charge in [-0.05, 0) is 19.1 Å². The van der Waals surface area contributed by atoms with Gasteiger partial charge in [0, 0.05) is 16.9 Å². The highest BCUT2D eigenvalue weighted by Crippen LogP contribution is 2.58. The summed E-state index contributed by atoms with van der Waals surface area (Å²) in [6, 6.07) is 9.33. The quantitative estimate of drug-likeness (QED) is 0.430. The lowest BCUT2D eigenvalue weighted by Gasteiger charge is -2.16. The molecule has 0 aliphatic heterocycles. The maximum absolute atomic E-state index is 12.7. The Bertz CT molecular complexity index is 395. The maximum Gasteiger partial charge on any atom is 0.287 e. The molecule has 1 atom stereocenters. The van der Waals surface area contributed by atoms with Crippen LogP contribution in [0.5, 0.6) is 0 Å². The zero-order chi connectivity index (χ0) is 12.6. The third kappa shape index (κ3) is 4.89. The van der Waals surface area contributed by atoms with Crippen LogP contribution in [-0.2, 0) is 9.09 Å². The maximum atomic E-state index is 12.7. The molecule has 94 valence electrons. The summed E-state index contributed by atoms with van der Waals surface area (Å²) in [6.07, 6.45) is 3.75. The van der Waals surface area contributed by atoms with Crippen molar-refractivity contribution in [2.45, 2.75) is 6.92 Å². The van der Waals surface area contributed by atoms with Gasteiger partial charge in [0.25, 0.3) is 6.57 Å². The fourth-order valence-electron chi connectivity index (χ4n) is 1.24. The molecule has 1 unspecified atom stereocenters. The Labute approximate surface area is 112 Å². The molecule has 0 spiro atoms. The lowest BCUT2D eigenvalue weighted by molar-refractivity contribution is 0.353. The lowest BCUT2D eigenvalue weighted by Crippen LogP contribution is -2.04. The van der Waals surface area contributed by atoms with E-state index >= 15 is 0 Å². The average Bonchev–Trinajstić information content (AvgIpc) is 2.36. The molecule has 0 saturated carbocycles. The second-order valence-corrected chi connectivity index (χ2v) is 8.06. The summed E-state index contributed by atoms with van der Waals surface area (Å²) in [4.78, 5) is 0. The molecule has 0 aromatic heterocycles. The van der Waals surface area contributed by atoms with Crippen LogP contribution < -0.4 is 5.30 Å². The minimum atomic E-state index is -2.79. The summed E-state index contributed by atoms with van der Waals surface area (Å²) in [5, 5.41) is 0.756. The van der Waals surface area contributed by atoms with E-state index in [1.54, 1.807) is 0 Å². The van der Waals surface area contributed by atoms with Gasteiger partial charge in [-0.3, -0.25) is 4.57 Å². The standard InChI is InChI=1S/C12H16ClO2PS/c1-2-15-16(14,17-11-7-6-10-13)12-8-4-3-5-9-12/h3-9H,2,10-11H2,1H3/b7-6+. The molecular weight excluding hydrogens is 275 g/mol. The summed E-state index contributed by atoms with van der Waals surface area (Å²) in [6.45, 7) is -0.495. The van der Waals surface area contributed by atoms with Crippen molar-refractivity contribution in [1.82, 2.24) is 0 Å². The Morgan fingerprint density at radius 2 is 2.06 bits per heavy atom. The Hall–Kier alpha value is -0.210. The molecular formula is C12H16ClO2PS. The van der Waals surface area contributed by atoms with E-state index in [1.165, 1.54) is 11.4 Å². The molecule has 0 amide bonds. The van der Waals surface area contributed by atoms with E-state index < -0.39 is 6.57 Å². The van der Waals surface area contributed by atoms with Crippen molar-refractivity contribution in [3.63, 3.8) is 0 Å². The Balaban J connectivity index is 2.76. The second kappa shape index (κ2) is 7.99. The van der Waals surface area contributed by atoms with Crippen molar-refractivity contribution < 1.29 is 9.09 Å². The van der Waals surface area contributed by atoms with E-state index in [0.29, 0.717) is 18.2 Å². The van der Waals surface area contributed by atoms with Crippen LogP contribution in [0.2, 0.25) is 0 Å². The van der Waals surface area contributed by atoms with E-state index in [0.717, 1.165) is 5.30 Å². The number of rotatable bonds is 7. The van der Waals surface area contributed by atoms with Crippen LogP contribution in [0.3, 0.4) is 0 Å². The molecule has 0 heterocycles. The minimum Gasteiger partial charge on any atom is -0.318 e. The zero-order valence-electron chi connectivity index (χ0n) is 9.71. The molecule has 0 aliphatic rings. The van der Waals surface area contributed by atoms with Crippen molar-refractivity contribution in [2.75, 3.05) is 18.2 Å². The number of hydrogen-bond donors (Lipinski definition) is 0. The van der Waals surface area contributed by atoms with Gasteiger partial charge in [0.15, 0.2) is 0 Å². The highest BCUT2D eigenvalue weighted by Gasteiger charge is 2.25. The van der Waals surface area contributed by atoms with E-state index in [2.05, 4.69) is 0 Å². The van der Waals surface area contributed by atoms with Crippen LogP contribution >= 0.6 is 29.6 Å². The zero-order valence-corrected chi connectivity index (χ0v) is 12.2. The van der Waals surface area contributed by atoms with Gasteiger partial charge >= 0.3 is 0 Å². The number of benzene rings is 1. The third-order valence-corrected chi connectivity index (χ3v) is 6.77. The second-order valence-electron chi connectivity index (χ2n) is 3.17. The van der Waals surface area contributed by atoms with Gasteiger partial charge in [-0.2, -0.15) is 0 Å². The van der Waals surface area contributed by atoms with Gasteiger partial charge in [0.05, 0.1) is 6.61 Å². The summed E-state index contributed by atoms with van der Waals surface area (Å²) < 4.78 is 18.1. The molecule has 0 aliphatic carbocycles. The number of alkyl halides is 1. The SMILES string of the molecule is CCOP(=O)(SC/C=C/CCl)c1ccccc1. The number of halogens is 1. The molecule has 0 N–H and O–H groups in total. The smallest absolute Gasteiger partial charge is 0.287 e. The van der Waals surface area contributed by atoms with Gasteiger partial charge in [-0.15, -0.1) is 11.6 Å². The summed E-state index contributed by atoms with van der Waals surface area (Å²) >= 11 is 6.86. The van der Waals surface area contributed by atoms with Gasteiger partial charge < -0.3 is 4.52 Å². The Morgan fingerprint density at radius 3 is 2.65 bits per heavy atom. The van der Waals surface area contributed by atoms with Gasteiger partial charge in [-0.25, -0.2) is 0 Å². The molecule has 5 heteroatoms. The van der Waals surface area contributed by atoms with Crippen LogP contribution in [0.4, 0.5) is 0 Å². The van der Waals surface area contributed by atoms with Crippen molar-refractivity contribution in [3.05, 3.63) is 42.5 Å². The predicted molar refractivity (Wildman–Crippen MR) is 77.6 cm³/mol. The first-order chi connectivity index (χ1) is 8.23. The largest absolute Gasteiger partial charge is 0.318 e. The molecule has 1 aromatic carbocycles. The molecule has 1 rings (SSSR count). The monoisotopic (exact) mass is 290 g/mol. The summed E-state index contributed by atoms with van der Waals surface area (Å²) in [5.74, 6) is 1.11. The molecule has 2 nitrogen and oxygen atoms in total. The molecule has 1 aromatic rings. The van der Waals surface area contributed by atoms with Crippen LogP contribution in [0.25, 0.3) is 0 Å². The fraction of sp³-hybridized carbons (Fsp3) is 0.333. The molecule has 0 radical (unpaired) electrons. The predicted octanol–water partition coefficient (Wildman–Crippen LogP) is 4.07. The fourth-order valence-corrected chi connectivity index (χ4v) is 5.23. The Kier molecular flexibility index (Phi) is 6.98. The van der Waals surface area contributed by atoms with Crippen LogP contribution in [0, 0.1) is 0 Å². The molecule has 0 fully saturated rings.